The van der Waals surface area contributed by atoms with Gasteiger partial charge in [0, 0.05) is 49.4 Å². The second-order valence-electron chi connectivity index (χ2n) is 8.25. The van der Waals surface area contributed by atoms with Gasteiger partial charge in [-0.25, -0.2) is 8.42 Å². The monoisotopic (exact) mass is 508 g/mol. The van der Waals surface area contributed by atoms with Gasteiger partial charge in [-0.15, -0.1) is 0 Å². The molecule has 0 aliphatic carbocycles. The van der Waals surface area contributed by atoms with E-state index in [-0.39, 0.29) is 18.8 Å². The van der Waals surface area contributed by atoms with Crippen LogP contribution in [0.5, 0.6) is 23.0 Å². The second-order valence-corrected chi connectivity index (χ2v) is 10.3. The highest BCUT2D eigenvalue weighted by molar-refractivity contribution is 7.89. The lowest BCUT2D eigenvalue weighted by molar-refractivity contribution is 0.0380. The summed E-state index contributed by atoms with van der Waals surface area (Å²) in [7, 11) is 2.68. The SMILES string of the molecule is COc1ccc(CN(Cc2ccc(OC)cc2OC)S(=O)(=O)CCCN2CCOCC2)c(OC)c1. The summed E-state index contributed by atoms with van der Waals surface area (Å²) in [4.78, 5) is 2.24. The van der Waals surface area contributed by atoms with E-state index in [1.165, 1.54) is 4.31 Å². The van der Waals surface area contributed by atoms with E-state index < -0.39 is 10.0 Å². The number of ether oxygens (including phenoxy) is 5. The van der Waals surface area contributed by atoms with E-state index in [0.29, 0.717) is 49.2 Å². The summed E-state index contributed by atoms with van der Waals surface area (Å²) >= 11 is 0. The van der Waals surface area contributed by atoms with E-state index in [4.69, 9.17) is 23.7 Å². The van der Waals surface area contributed by atoms with Crippen LogP contribution in [0.4, 0.5) is 0 Å². The van der Waals surface area contributed by atoms with Crippen LogP contribution >= 0.6 is 0 Å². The Kier molecular flexibility index (Phi) is 10.0. The molecule has 0 unspecified atom stereocenters. The summed E-state index contributed by atoms with van der Waals surface area (Å²) in [6.07, 6.45) is 0.540. The number of morpholine rings is 1. The van der Waals surface area contributed by atoms with Crippen molar-refractivity contribution in [3.05, 3.63) is 47.5 Å². The van der Waals surface area contributed by atoms with Crippen LogP contribution in [0.2, 0.25) is 0 Å². The molecule has 2 aromatic carbocycles. The van der Waals surface area contributed by atoms with E-state index >= 15 is 0 Å². The predicted octanol–water partition coefficient (Wildman–Crippen LogP) is 2.78. The fourth-order valence-electron chi connectivity index (χ4n) is 4.02. The molecule has 1 fully saturated rings. The normalized spacial score (nSPS) is 14.7. The van der Waals surface area contributed by atoms with Crippen LogP contribution in [0.3, 0.4) is 0 Å². The highest BCUT2D eigenvalue weighted by Gasteiger charge is 2.26. The van der Waals surface area contributed by atoms with E-state index in [0.717, 1.165) is 24.2 Å². The van der Waals surface area contributed by atoms with Crippen molar-refractivity contribution < 1.29 is 32.1 Å². The molecule has 3 rings (SSSR count). The van der Waals surface area contributed by atoms with Gasteiger partial charge in [0.1, 0.15) is 23.0 Å². The van der Waals surface area contributed by atoms with E-state index in [1.807, 2.05) is 12.1 Å². The molecule has 0 atom stereocenters. The predicted molar refractivity (Wildman–Crippen MR) is 134 cm³/mol. The third-order valence-corrected chi connectivity index (χ3v) is 7.91. The van der Waals surface area contributed by atoms with Gasteiger partial charge in [0.25, 0.3) is 0 Å². The molecule has 1 saturated heterocycles. The quantitative estimate of drug-likeness (QED) is 0.408. The summed E-state index contributed by atoms with van der Waals surface area (Å²) < 4.78 is 55.7. The molecule has 194 valence electrons. The lowest BCUT2D eigenvalue weighted by atomic mass is 10.1. The summed E-state index contributed by atoms with van der Waals surface area (Å²) in [6, 6.07) is 10.8. The second kappa shape index (κ2) is 13.0. The summed E-state index contributed by atoms with van der Waals surface area (Å²) in [6.45, 7) is 4.06. The van der Waals surface area contributed by atoms with Gasteiger partial charge in [0.05, 0.1) is 47.4 Å². The number of benzene rings is 2. The summed E-state index contributed by atoms with van der Waals surface area (Å²) in [5, 5.41) is 0. The van der Waals surface area contributed by atoms with Crippen molar-refractivity contribution in [3.63, 3.8) is 0 Å². The highest BCUT2D eigenvalue weighted by atomic mass is 32.2. The first-order valence-electron chi connectivity index (χ1n) is 11.6. The fourth-order valence-corrected chi connectivity index (χ4v) is 5.45. The Labute approximate surface area is 208 Å². The molecule has 1 aliphatic heterocycles. The van der Waals surface area contributed by atoms with E-state index in [9.17, 15) is 8.42 Å². The molecule has 35 heavy (non-hydrogen) atoms. The molecule has 0 spiro atoms. The topological polar surface area (TPSA) is 86.8 Å². The largest absolute Gasteiger partial charge is 0.497 e. The van der Waals surface area contributed by atoms with Crippen molar-refractivity contribution >= 4 is 10.0 Å². The van der Waals surface area contributed by atoms with Gasteiger partial charge < -0.3 is 23.7 Å². The van der Waals surface area contributed by atoms with Gasteiger partial charge >= 0.3 is 0 Å². The van der Waals surface area contributed by atoms with Crippen molar-refractivity contribution in [1.82, 2.24) is 9.21 Å². The number of hydrogen-bond donors (Lipinski definition) is 0. The zero-order chi connectivity index (χ0) is 25.3. The average molecular weight is 509 g/mol. The smallest absolute Gasteiger partial charge is 0.214 e. The van der Waals surface area contributed by atoms with E-state index in [1.54, 1.807) is 52.7 Å². The van der Waals surface area contributed by atoms with Crippen molar-refractivity contribution in [1.29, 1.82) is 0 Å². The van der Waals surface area contributed by atoms with Gasteiger partial charge in [-0.2, -0.15) is 4.31 Å². The molecule has 1 aliphatic rings. The molecule has 0 amide bonds. The zero-order valence-electron chi connectivity index (χ0n) is 21.0. The van der Waals surface area contributed by atoms with E-state index in [2.05, 4.69) is 4.90 Å². The Morgan fingerprint density at radius 1 is 0.829 bits per heavy atom. The van der Waals surface area contributed by atoms with Crippen molar-refractivity contribution in [2.24, 2.45) is 0 Å². The van der Waals surface area contributed by atoms with Gasteiger partial charge in [0.2, 0.25) is 10.0 Å². The van der Waals surface area contributed by atoms with Gasteiger partial charge in [-0.3, -0.25) is 4.90 Å². The molecule has 9 nitrogen and oxygen atoms in total. The molecule has 0 aromatic heterocycles. The van der Waals surface area contributed by atoms with Crippen LogP contribution < -0.4 is 18.9 Å². The zero-order valence-corrected chi connectivity index (χ0v) is 21.8. The maximum absolute atomic E-state index is 13.6. The van der Waals surface area contributed by atoms with Crippen molar-refractivity contribution in [2.45, 2.75) is 19.5 Å². The van der Waals surface area contributed by atoms with Gasteiger partial charge in [0.15, 0.2) is 0 Å². The Balaban J connectivity index is 1.84. The number of nitrogens with zero attached hydrogens (tertiary/aromatic N) is 2. The number of sulfonamides is 1. The lowest BCUT2D eigenvalue weighted by Crippen LogP contribution is -2.38. The molecule has 2 aromatic rings. The van der Waals surface area contributed by atoms with Crippen molar-refractivity contribution in [2.75, 3.05) is 67.0 Å². The molecule has 0 saturated carbocycles. The first kappa shape index (κ1) is 27.1. The first-order chi connectivity index (χ1) is 16.9. The van der Waals surface area contributed by atoms with Crippen LogP contribution in [-0.2, 0) is 27.8 Å². The Morgan fingerprint density at radius 3 is 1.80 bits per heavy atom. The summed E-state index contributed by atoms with van der Waals surface area (Å²) in [5.41, 5.74) is 1.50. The Bertz CT molecular complexity index is 998. The standard InChI is InChI=1S/C25H36N2O7S/c1-30-22-8-6-20(24(16-22)32-3)18-27(19-21-7-9-23(31-2)17-25(21)33-4)35(28,29)15-5-10-26-11-13-34-14-12-26/h6-9,16-17H,5,10-15,18-19H2,1-4H3. The third kappa shape index (κ3) is 7.47. The Hall–Kier alpha value is -2.53. The van der Waals surface area contributed by atoms with Gasteiger partial charge in [-0.1, -0.05) is 12.1 Å². The number of hydrogen-bond acceptors (Lipinski definition) is 8. The minimum atomic E-state index is -3.60. The van der Waals surface area contributed by atoms with Crippen LogP contribution in [-0.4, -0.2) is 84.7 Å². The summed E-state index contributed by atoms with van der Waals surface area (Å²) in [5.74, 6) is 2.46. The molecular formula is C25H36N2O7S. The minimum absolute atomic E-state index is 0.0430. The number of rotatable bonds is 13. The van der Waals surface area contributed by atoms with Crippen LogP contribution in [0.1, 0.15) is 17.5 Å². The maximum Gasteiger partial charge on any atom is 0.214 e. The van der Waals surface area contributed by atoms with Crippen molar-refractivity contribution in [3.8, 4) is 23.0 Å². The van der Waals surface area contributed by atoms with Crippen LogP contribution in [0.25, 0.3) is 0 Å². The van der Waals surface area contributed by atoms with Crippen LogP contribution in [0, 0.1) is 0 Å². The Morgan fingerprint density at radius 2 is 1.34 bits per heavy atom. The lowest BCUT2D eigenvalue weighted by Gasteiger charge is -2.27. The molecule has 0 bridgehead atoms. The fraction of sp³-hybridized carbons (Fsp3) is 0.520. The molecule has 1 heterocycles. The van der Waals surface area contributed by atoms with Gasteiger partial charge in [-0.05, 0) is 25.1 Å². The molecule has 0 N–H and O–H groups in total. The minimum Gasteiger partial charge on any atom is -0.497 e. The molecule has 10 heteroatoms. The first-order valence-corrected chi connectivity index (χ1v) is 13.2. The number of methoxy groups -OCH3 is 4. The maximum atomic E-state index is 13.6. The molecular weight excluding hydrogens is 472 g/mol. The highest BCUT2D eigenvalue weighted by Crippen LogP contribution is 2.30. The molecule has 0 radical (unpaired) electrons. The average Bonchev–Trinajstić information content (AvgIpc) is 2.89. The van der Waals surface area contributed by atoms with Crippen LogP contribution in [0.15, 0.2) is 36.4 Å². The third-order valence-electron chi connectivity index (χ3n) is 6.06.